The first-order valence-corrected chi connectivity index (χ1v) is 12.1. The molecule has 1 fully saturated rings. The van der Waals surface area contributed by atoms with E-state index in [1.54, 1.807) is 0 Å². The van der Waals surface area contributed by atoms with Gasteiger partial charge in [0.15, 0.2) is 0 Å². The van der Waals surface area contributed by atoms with Crippen molar-refractivity contribution >= 4 is 31.8 Å². The molecule has 1 saturated heterocycles. The van der Waals surface area contributed by atoms with E-state index in [4.69, 9.17) is 0 Å². The zero-order valence-electron chi connectivity index (χ0n) is 17.3. The second-order valence-electron chi connectivity index (χ2n) is 8.14. The predicted octanol–water partition coefficient (Wildman–Crippen LogP) is 2.75. The second-order valence-corrected chi connectivity index (χ2v) is 10.1. The number of benzene rings is 2. The average Bonchev–Trinajstić information content (AvgIpc) is 3.16. The molecule has 0 unspecified atom stereocenters. The molecule has 1 aliphatic heterocycles. The first kappa shape index (κ1) is 20.0. The predicted molar refractivity (Wildman–Crippen MR) is 124 cm³/mol. The fraction of sp³-hybridized carbons (Fsp3) is 0.261. The van der Waals surface area contributed by atoms with Gasteiger partial charge in [-0.3, -0.25) is 9.69 Å². The van der Waals surface area contributed by atoms with Crippen molar-refractivity contribution in [2.24, 2.45) is 0 Å². The molecule has 7 nitrogen and oxygen atoms in total. The van der Waals surface area contributed by atoms with E-state index in [9.17, 15) is 13.2 Å². The molecule has 5 rings (SSSR count). The number of nitrogens with zero attached hydrogens (tertiary/aromatic N) is 2. The molecule has 2 N–H and O–H groups in total. The molecular formula is C23H24N4O3S. The zero-order chi connectivity index (χ0) is 21.6. The number of H-pyrrole nitrogens is 2. The Labute approximate surface area is 180 Å². The van der Waals surface area contributed by atoms with E-state index in [1.165, 1.54) is 10.6 Å². The minimum atomic E-state index is -3.12. The van der Waals surface area contributed by atoms with E-state index in [2.05, 4.69) is 33.1 Å². The number of fused-ring (bicyclic) bond motifs is 2. The van der Waals surface area contributed by atoms with E-state index in [-0.39, 0.29) is 5.56 Å². The molecule has 0 saturated carbocycles. The molecule has 2 aromatic heterocycles. The number of sulfonamides is 1. The number of aromatic nitrogens is 2. The maximum Gasteiger partial charge on any atom is 0.257 e. The van der Waals surface area contributed by atoms with Crippen LogP contribution in [0, 0.1) is 0 Å². The highest BCUT2D eigenvalue weighted by molar-refractivity contribution is 7.88. The Morgan fingerprint density at radius 3 is 2.39 bits per heavy atom. The lowest BCUT2D eigenvalue weighted by Crippen LogP contribution is -2.47. The highest BCUT2D eigenvalue weighted by Crippen LogP contribution is 2.25. The summed E-state index contributed by atoms with van der Waals surface area (Å²) in [6, 6.07) is 17.9. The van der Waals surface area contributed by atoms with Crippen LogP contribution in [0.2, 0.25) is 0 Å². The van der Waals surface area contributed by atoms with Crippen LogP contribution in [0.5, 0.6) is 0 Å². The van der Waals surface area contributed by atoms with Gasteiger partial charge in [-0.15, -0.1) is 0 Å². The minimum absolute atomic E-state index is 0.116. The molecule has 0 spiro atoms. The number of hydrogen-bond donors (Lipinski definition) is 2. The van der Waals surface area contributed by atoms with Gasteiger partial charge in [0.25, 0.3) is 5.56 Å². The number of rotatable bonds is 4. The molecule has 0 amide bonds. The van der Waals surface area contributed by atoms with Gasteiger partial charge in [0.2, 0.25) is 10.0 Å². The van der Waals surface area contributed by atoms with Crippen molar-refractivity contribution < 1.29 is 8.42 Å². The molecule has 0 aliphatic carbocycles. The summed E-state index contributed by atoms with van der Waals surface area (Å²) in [5.41, 5.74) is 4.25. The van der Waals surface area contributed by atoms with Crippen molar-refractivity contribution in [1.29, 1.82) is 0 Å². The molecule has 2 aromatic carbocycles. The van der Waals surface area contributed by atoms with E-state index in [0.717, 1.165) is 39.6 Å². The Morgan fingerprint density at radius 1 is 0.871 bits per heavy atom. The Morgan fingerprint density at radius 2 is 1.61 bits per heavy atom. The van der Waals surface area contributed by atoms with Crippen molar-refractivity contribution in [3.8, 4) is 11.3 Å². The van der Waals surface area contributed by atoms with Crippen LogP contribution in [0.25, 0.3) is 33.1 Å². The number of piperazine rings is 1. The van der Waals surface area contributed by atoms with Crippen LogP contribution in [0.3, 0.4) is 0 Å². The Balaban J connectivity index is 1.39. The third kappa shape index (κ3) is 4.01. The standard InChI is InChI=1S/C23H24N4O3S/c1-31(29,30)27-10-8-26(9-11-27)15-16-6-7-18-14-22(24-21(18)12-16)19-13-17-4-2-3-5-20(17)25-23(19)28/h2-7,12-14,24H,8-11,15H2,1H3,(H,25,28). The highest BCUT2D eigenvalue weighted by atomic mass is 32.2. The van der Waals surface area contributed by atoms with Crippen molar-refractivity contribution in [3.63, 3.8) is 0 Å². The summed E-state index contributed by atoms with van der Waals surface area (Å²) in [5.74, 6) is 0. The number of pyridine rings is 1. The van der Waals surface area contributed by atoms with Crippen molar-refractivity contribution in [2.75, 3.05) is 32.4 Å². The van der Waals surface area contributed by atoms with Gasteiger partial charge in [0, 0.05) is 49.1 Å². The topological polar surface area (TPSA) is 89.3 Å². The normalized spacial score (nSPS) is 16.3. The van der Waals surface area contributed by atoms with Crippen molar-refractivity contribution in [3.05, 3.63) is 70.5 Å². The van der Waals surface area contributed by atoms with Gasteiger partial charge in [0.05, 0.1) is 17.5 Å². The molecule has 0 atom stereocenters. The Kier molecular flexibility index (Phi) is 4.92. The van der Waals surface area contributed by atoms with Crippen LogP contribution >= 0.6 is 0 Å². The molecular weight excluding hydrogens is 412 g/mol. The number of aromatic amines is 2. The lowest BCUT2D eigenvalue weighted by Gasteiger charge is -2.33. The second kappa shape index (κ2) is 7.64. The maximum absolute atomic E-state index is 12.6. The lowest BCUT2D eigenvalue weighted by molar-refractivity contribution is 0.182. The molecule has 0 bridgehead atoms. The first-order chi connectivity index (χ1) is 14.9. The van der Waals surface area contributed by atoms with Gasteiger partial charge in [0.1, 0.15) is 0 Å². The molecule has 31 heavy (non-hydrogen) atoms. The molecule has 160 valence electrons. The fourth-order valence-electron chi connectivity index (χ4n) is 4.24. The summed E-state index contributed by atoms with van der Waals surface area (Å²) in [6.45, 7) is 3.25. The number of para-hydroxylation sites is 1. The van der Waals surface area contributed by atoms with Gasteiger partial charge >= 0.3 is 0 Å². The minimum Gasteiger partial charge on any atom is -0.354 e. The lowest BCUT2D eigenvalue weighted by atomic mass is 10.1. The number of nitrogens with one attached hydrogen (secondary N) is 2. The van der Waals surface area contributed by atoms with Crippen LogP contribution in [-0.2, 0) is 16.6 Å². The van der Waals surface area contributed by atoms with Gasteiger partial charge in [-0.1, -0.05) is 30.3 Å². The summed E-state index contributed by atoms with van der Waals surface area (Å²) in [6.07, 6.45) is 1.26. The van der Waals surface area contributed by atoms with E-state index in [0.29, 0.717) is 31.7 Å². The third-order valence-corrected chi connectivity index (χ3v) is 7.24. The summed E-state index contributed by atoms with van der Waals surface area (Å²) in [5, 5.41) is 2.04. The summed E-state index contributed by atoms with van der Waals surface area (Å²) in [7, 11) is -3.12. The maximum atomic E-state index is 12.6. The van der Waals surface area contributed by atoms with Crippen LogP contribution in [0.15, 0.2) is 59.4 Å². The van der Waals surface area contributed by atoms with Crippen LogP contribution in [0.1, 0.15) is 5.56 Å². The largest absolute Gasteiger partial charge is 0.354 e. The van der Waals surface area contributed by atoms with Crippen LogP contribution < -0.4 is 5.56 Å². The number of hydrogen-bond acceptors (Lipinski definition) is 4. The monoisotopic (exact) mass is 436 g/mol. The third-order valence-electron chi connectivity index (χ3n) is 5.94. The van der Waals surface area contributed by atoms with Crippen LogP contribution in [-0.4, -0.2) is 60.0 Å². The molecule has 8 heteroatoms. The van der Waals surface area contributed by atoms with Gasteiger partial charge < -0.3 is 9.97 Å². The quantitative estimate of drug-likeness (QED) is 0.515. The van der Waals surface area contributed by atoms with E-state index in [1.807, 2.05) is 36.4 Å². The Bertz CT molecular complexity index is 1430. The van der Waals surface area contributed by atoms with E-state index >= 15 is 0 Å². The van der Waals surface area contributed by atoms with Gasteiger partial charge in [-0.05, 0) is 35.2 Å². The molecule has 0 radical (unpaired) electrons. The Hall–Kier alpha value is -2.94. The summed E-state index contributed by atoms with van der Waals surface area (Å²) in [4.78, 5) is 21.2. The van der Waals surface area contributed by atoms with Gasteiger partial charge in [-0.25, -0.2) is 8.42 Å². The summed E-state index contributed by atoms with van der Waals surface area (Å²) >= 11 is 0. The van der Waals surface area contributed by atoms with Crippen molar-refractivity contribution in [2.45, 2.75) is 6.54 Å². The van der Waals surface area contributed by atoms with Crippen molar-refractivity contribution in [1.82, 2.24) is 19.2 Å². The SMILES string of the molecule is CS(=O)(=O)N1CCN(Cc2ccc3cc(-c4cc5ccccc5[nH]c4=O)[nH]c3c2)CC1. The smallest absolute Gasteiger partial charge is 0.257 e. The van der Waals surface area contributed by atoms with Gasteiger partial charge in [-0.2, -0.15) is 4.31 Å². The molecule has 1 aliphatic rings. The average molecular weight is 437 g/mol. The first-order valence-electron chi connectivity index (χ1n) is 10.3. The summed E-state index contributed by atoms with van der Waals surface area (Å²) < 4.78 is 24.9. The zero-order valence-corrected chi connectivity index (χ0v) is 18.1. The molecule has 3 heterocycles. The van der Waals surface area contributed by atoms with E-state index < -0.39 is 10.0 Å². The van der Waals surface area contributed by atoms with Crippen LogP contribution in [0.4, 0.5) is 0 Å². The highest BCUT2D eigenvalue weighted by Gasteiger charge is 2.23. The fourth-order valence-corrected chi connectivity index (χ4v) is 5.07. The molecule has 4 aromatic rings.